The zero-order valence-corrected chi connectivity index (χ0v) is 30.0. The van der Waals surface area contributed by atoms with Gasteiger partial charge in [0.2, 0.25) is 23.5 Å². The Kier molecular flexibility index (Phi) is 12.3. The highest BCUT2D eigenvalue weighted by Gasteiger charge is 2.51. The predicted octanol–water partition coefficient (Wildman–Crippen LogP) is 2.98. The van der Waals surface area contributed by atoms with E-state index in [1.807, 2.05) is 27.7 Å². The number of carbonyl (C=O) groups excluding carboxylic acids is 6. The Morgan fingerprint density at radius 2 is 1.58 bits per heavy atom. The zero-order chi connectivity index (χ0) is 36.0. The maximum atomic E-state index is 14.8. The van der Waals surface area contributed by atoms with Crippen LogP contribution in [0.15, 0.2) is 18.6 Å². The van der Waals surface area contributed by atoms with Crippen molar-refractivity contribution in [3.8, 4) is 0 Å². The SMILES string of the molecule is CCCC(NC(=O)[C@@H]1C[C@@H]2CCCC[C@@H]2N1C(=O)[C@@H](NC(=O)[C@@H](NC(=O)c1cnccn1)C1CCCCC1)C(C)(C)C)C(=O)C(=O)NC1CC1. The quantitative estimate of drug-likeness (QED) is 0.228. The molecule has 4 aliphatic rings. The van der Waals surface area contributed by atoms with Crippen LogP contribution in [0.2, 0.25) is 0 Å². The highest BCUT2D eigenvalue weighted by Crippen LogP contribution is 2.41. The molecule has 3 aliphatic carbocycles. The second-order valence-corrected chi connectivity index (χ2v) is 15.8. The molecule has 50 heavy (non-hydrogen) atoms. The Morgan fingerprint density at radius 3 is 2.22 bits per heavy atom. The van der Waals surface area contributed by atoms with Crippen molar-refractivity contribution in [2.24, 2.45) is 17.3 Å². The Labute approximate surface area is 295 Å². The number of likely N-dealkylation sites (tertiary alicyclic amines) is 1. The maximum Gasteiger partial charge on any atom is 0.289 e. The Bertz CT molecular complexity index is 1400. The minimum atomic E-state index is -0.997. The first-order chi connectivity index (χ1) is 23.9. The fourth-order valence-electron chi connectivity index (χ4n) is 8.01. The number of Topliss-reactive ketones (excluding diaryl/α,β-unsaturated/α-hetero) is 1. The molecule has 4 fully saturated rings. The minimum absolute atomic E-state index is 0.0121. The number of hydrogen-bond acceptors (Lipinski definition) is 8. The van der Waals surface area contributed by atoms with Gasteiger partial charge in [-0.25, -0.2) is 4.98 Å². The highest BCUT2D eigenvalue weighted by atomic mass is 16.2. The number of rotatable bonds is 13. The summed E-state index contributed by atoms with van der Waals surface area (Å²) in [5.41, 5.74) is -0.641. The third-order valence-electron chi connectivity index (χ3n) is 10.9. The molecule has 13 nitrogen and oxygen atoms in total. The predicted molar refractivity (Wildman–Crippen MR) is 185 cm³/mol. The summed E-state index contributed by atoms with van der Waals surface area (Å²) in [4.78, 5) is 91.9. The minimum Gasteiger partial charge on any atom is -0.347 e. The van der Waals surface area contributed by atoms with Gasteiger partial charge in [0.05, 0.1) is 12.2 Å². The van der Waals surface area contributed by atoms with Crippen molar-refractivity contribution < 1.29 is 28.8 Å². The van der Waals surface area contributed by atoms with Crippen molar-refractivity contribution in [1.29, 1.82) is 0 Å². The van der Waals surface area contributed by atoms with E-state index in [2.05, 4.69) is 31.2 Å². The largest absolute Gasteiger partial charge is 0.347 e. The maximum absolute atomic E-state index is 14.8. The number of nitrogens with zero attached hydrogens (tertiary/aromatic N) is 3. The normalized spacial score (nSPS) is 24.2. The molecule has 5 rings (SSSR count). The van der Waals surface area contributed by atoms with E-state index in [1.54, 1.807) is 4.90 Å². The van der Waals surface area contributed by atoms with E-state index in [9.17, 15) is 28.8 Å². The average Bonchev–Trinajstić information content (AvgIpc) is 3.84. The van der Waals surface area contributed by atoms with E-state index in [0.29, 0.717) is 19.3 Å². The van der Waals surface area contributed by atoms with E-state index in [4.69, 9.17) is 0 Å². The van der Waals surface area contributed by atoms with Crippen molar-refractivity contribution in [3.05, 3.63) is 24.3 Å². The summed E-state index contributed by atoms with van der Waals surface area (Å²) in [7, 11) is 0. The first-order valence-electron chi connectivity index (χ1n) is 18.7. The summed E-state index contributed by atoms with van der Waals surface area (Å²) < 4.78 is 0. The first-order valence-corrected chi connectivity index (χ1v) is 18.7. The monoisotopic (exact) mass is 693 g/mol. The molecule has 1 aromatic rings. The number of aromatic nitrogens is 2. The lowest BCUT2D eigenvalue weighted by molar-refractivity contribution is -0.147. The van der Waals surface area contributed by atoms with E-state index < -0.39 is 59.0 Å². The third kappa shape index (κ3) is 9.06. The van der Waals surface area contributed by atoms with Crippen LogP contribution in [0.1, 0.15) is 128 Å². The molecule has 4 N–H and O–H groups in total. The summed E-state index contributed by atoms with van der Waals surface area (Å²) in [6.45, 7) is 7.52. The second kappa shape index (κ2) is 16.4. The smallest absolute Gasteiger partial charge is 0.289 e. The molecule has 6 atom stereocenters. The molecule has 2 heterocycles. The third-order valence-corrected chi connectivity index (χ3v) is 10.9. The molecule has 274 valence electrons. The van der Waals surface area contributed by atoms with Crippen LogP contribution in [0.4, 0.5) is 0 Å². The van der Waals surface area contributed by atoms with Crippen LogP contribution in [0.3, 0.4) is 0 Å². The van der Waals surface area contributed by atoms with Gasteiger partial charge in [-0.2, -0.15) is 0 Å². The Hall–Kier alpha value is -3.90. The second-order valence-electron chi connectivity index (χ2n) is 15.8. The molecule has 0 radical (unpaired) electrons. The van der Waals surface area contributed by atoms with Crippen LogP contribution >= 0.6 is 0 Å². The van der Waals surface area contributed by atoms with E-state index >= 15 is 0 Å². The van der Waals surface area contributed by atoms with Crippen molar-refractivity contribution >= 4 is 35.3 Å². The number of hydrogen-bond donors (Lipinski definition) is 4. The molecule has 0 spiro atoms. The van der Waals surface area contributed by atoms with Gasteiger partial charge in [-0.1, -0.05) is 66.2 Å². The standard InChI is InChI=1S/C37H55N7O6/c1-5-11-25(30(45)35(49)40-24-16-17-24)41-33(47)28-20-23-14-9-10-15-27(23)44(28)36(50)31(37(2,3)4)43-34(48)29(22-12-7-6-8-13-22)42-32(46)26-21-38-18-19-39-26/h18-19,21-25,27-29,31H,5-17,20H2,1-4H3,(H,40,49)(H,41,47)(H,42,46)(H,43,48)/t23-,25?,27-,28-,29-,31+/m0/s1. The molecule has 0 aromatic carbocycles. The van der Waals surface area contributed by atoms with Crippen molar-refractivity contribution in [1.82, 2.24) is 36.1 Å². The van der Waals surface area contributed by atoms with Crippen molar-refractivity contribution in [2.75, 3.05) is 0 Å². The highest BCUT2D eigenvalue weighted by molar-refractivity contribution is 6.38. The number of amides is 5. The molecule has 3 saturated carbocycles. The van der Waals surface area contributed by atoms with Gasteiger partial charge in [-0.3, -0.25) is 33.8 Å². The fourth-order valence-corrected chi connectivity index (χ4v) is 8.01. The number of fused-ring (bicyclic) bond motifs is 1. The van der Waals surface area contributed by atoms with Crippen molar-refractivity contribution in [2.45, 2.75) is 154 Å². The molecule has 13 heteroatoms. The van der Waals surface area contributed by atoms with Crippen LogP contribution in [0.5, 0.6) is 0 Å². The van der Waals surface area contributed by atoms with Crippen LogP contribution in [0.25, 0.3) is 0 Å². The molecule has 1 saturated heterocycles. The Balaban J connectivity index is 1.38. The van der Waals surface area contributed by atoms with Gasteiger partial charge in [0, 0.05) is 24.5 Å². The summed E-state index contributed by atoms with van der Waals surface area (Å²) in [6.07, 6.45) is 15.3. The molecule has 0 bridgehead atoms. The topological polar surface area (TPSA) is 180 Å². The molecular weight excluding hydrogens is 638 g/mol. The summed E-state index contributed by atoms with van der Waals surface area (Å²) in [5, 5.41) is 11.5. The van der Waals surface area contributed by atoms with Gasteiger partial charge in [-0.05, 0) is 68.6 Å². The van der Waals surface area contributed by atoms with Gasteiger partial charge in [0.15, 0.2) is 0 Å². The van der Waals surface area contributed by atoms with Gasteiger partial charge in [-0.15, -0.1) is 0 Å². The van der Waals surface area contributed by atoms with Crippen LogP contribution in [-0.4, -0.2) is 86.4 Å². The van der Waals surface area contributed by atoms with Gasteiger partial charge in [0.25, 0.3) is 11.8 Å². The fraction of sp³-hybridized carbons (Fsp3) is 0.730. The summed E-state index contributed by atoms with van der Waals surface area (Å²) in [6, 6.07) is -3.89. The molecule has 1 unspecified atom stereocenters. The van der Waals surface area contributed by atoms with Gasteiger partial charge < -0.3 is 26.2 Å². The molecular formula is C37H55N7O6. The van der Waals surface area contributed by atoms with Gasteiger partial charge >= 0.3 is 0 Å². The molecule has 1 aromatic heterocycles. The van der Waals surface area contributed by atoms with E-state index in [0.717, 1.165) is 70.6 Å². The van der Waals surface area contributed by atoms with Gasteiger partial charge in [0.1, 0.15) is 23.8 Å². The number of nitrogens with one attached hydrogen (secondary N) is 4. The van der Waals surface area contributed by atoms with Crippen LogP contribution in [-0.2, 0) is 24.0 Å². The number of carbonyl (C=O) groups is 6. The summed E-state index contributed by atoms with van der Waals surface area (Å²) >= 11 is 0. The van der Waals surface area contributed by atoms with E-state index in [1.165, 1.54) is 18.6 Å². The van der Waals surface area contributed by atoms with Crippen molar-refractivity contribution in [3.63, 3.8) is 0 Å². The average molecular weight is 694 g/mol. The molecule has 1 aliphatic heterocycles. The van der Waals surface area contributed by atoms with Crippen LogP contribution < -0.4 is 21.3 Å². The number of ketones is 1. The zero-order valence-electron chi connectivity index (χ0n) is 30.0. The first kappa shape index (κ1) is 37.4. The van der Waals surface area contributed by atoms with E-state index in [-0.39, 0.29) is 35.5 Å². The van der Waals surface area contributed by atoms with Crippen LogP contribution in [0, 0.1) is 17.3 Å². The summed E-state index contributed by atoms with van der Waals surface area (Å²) in [5.74, 6) is -3.12. The molecule has 5 amide bonds. The lowest BCUT2D eigenvalue weighted by Gasteiger charge is -2.40. The Morgan fingerprint density at radius 1 is 0.880 bits per heavy atom. The lowest BCUT2D eigenvalue weighted by Crippen LogP contribution is -2.63. The lowest BCUT2D eigenvalue weighted by atomic mass is 9.81.